The average molecular weight is 437 g/mol. The first-order valence-corrected chi connectivity index (χ1v) is 11.6. The fraction of sp³-hybridized carbons (Fsp3) is 0.895. The summed E-state index contributed by atoms with van der Waals surface area (Å²) < 4.78 is 15.5. The van der Waals surface area contributed by atoms with Crippen LogP contribution in [0.25, 0.3) is 0 Å². The first-order chi connectivity index (χ1) is 14.2. The van der Waals surface area contributed by atoms with Gasteiger partial charge in [0.2, 0.25) is 6.41 Å². The molecule has 29 heavy (non-hydrogen) atoms. The summed E-state index contributed by atoms with van der Waals surface area (Å²) in [5.74, 6) is 2.15. The Bertz CT molecular complexity index is 378. The lowest BCUT2D eigenvalue weighted by atomic mass is 10.2. The molecular formula is C19H40N4O5S. The van der Waals surface area contributed by atoms with Gasteiger partial charge in [0, 0.05) is 24.6 Å². The second kappa shape index (κ2) is 21.6. The Morgan fingerprint density at radius 1 is 1.00 bits per heavy atom. The van der Waals surface area contributed by atoms with Crippen LogP contribution in [-0.4, -0.2) is 88.8 Å². The molecule has 2 aliphatic heterocycles. The number of unbranched alkanes of at least 4 members (excludes halogenated alkanes) is 2. The molecule has 172 valence electrons. The Balaban J connectivity index is 0.000000467. The van der Waals surface area contributed by atoms with Crippen molar-refractivity contribution in [3.05, 3.63) is 0 Å². The lowest BCUT2D eigenvalue weighted by molar-refractivity contribution is -0.109. The second-order valence-electron chi connectivity index (χ2n) is 6.42. The maximum absolute atomic E-state index is 10.6. The van der Waals surface area contributed by atoms with Crippen molar-refractivity contribution in [1.82, 2.24) is 16.0 Å². The Labute approximate surface area is 179 Å². The van der Waals surface area contributed by atoms with Crippen LogP contribution in [0.4, 0.5) is 4.79 Å². The highest BCUT2D eigenvalue weighted by Crippen LogP contribution is 2.20. The van der Waals surface area contributed by atoms with Crippen LogP contribution in [0.15, 0.2) is 0 Å². The molecule has 3 amide bonds. The van der Waals surface area contributed by atoms with Crippen molar-refractivity contribution >= 4 is 24.2 Å². The van der Waals surface area contributed by atoms with E-state index in [2.05, 4.69) is 29.8 Å². The van der Waals surface area contributed by atoms with E-state index < -0.39 is 0 Å². The van der Waals surface area contributed by atoms with Gasteiger partial charge in [0.05, 0.1) is 51.7 Å². The van der Waals surface area contributed by atoms with E-state index in [4.69, 9.17) is 19.9 Å². The van der Waals surface area contributed by atoms with E-state index in [9.17, 15) is 9.59 Å². The van der Waals surface area contributed by atoms with Crippen molar-refractivity contribution in [2.45, 2.75) is 45.2 Å². The van der Waals surface area contributed by atoms with Crippen molar-refractivity contribution in [2.75, 3.05) is 64.2 Å². The predicted molar refractivity (Wildman–Crippen MR) is 117 cm³/mol. The van der Waals surface area contributed by atoms with E-state index in [0.29, 0.717) is 71.2 Å². The fourth-order valence-corrected chi connectivity index (χ4v) is 3.66. The third-order valence-corrected chi connectivity index (χ3v) is 5.09. The van der Waals surface area contributed by atoms with Crippen molar-refractivity contribution < 1.29 is 23.8 Å². The molecular weight excluding hydrogens is 396 g/mol. The summed E-state index contributed by atoms with van der Waals surface area (Å²) in [5, 5.41) is 8.19. The number of amides is 3. The number of thioether (sulfide) groups is 1. The summed E-state index contributed by atoms with van der Waals surface area (Å²) in [6.07, 6.45) is 4.72. The standard InChI is InChI=1S/C9H20N2O4.C5H8N2OS.C5H12/c10-1-3-13-5-7-15-8-6-14-4-2-11-9-12;8-5-6-3-1-9-2-4(3)7-5;1-3-5-4-2/h9H,1-8,10H2,(H,11,12);3-4H,1-2H2,(H2,6,7,8);3-5H2,1-2H3. The van der Waals surface area contributed by atoms with Gasteiger partial charge in [-0.05, 0) is 0 Å². The predicted octanol–water partition coefficient (Wildman–Crippen LogP) is 0.721. The maximum Gasteiger partial charge on any atom is 0.315 e. The van der Waals surface area contributed by atoms with Crippen LogP contribution in [0.2, 0.25) is 0 Å². The van der Waals surface area contributed by atoms with Gasteiger partial charge in [0.25, 0.3) is 0 Å². The molecule has 10 heteroatoms. The SMILES string of the molecule is CCCCC.NCCOCCOCCOCCNC=O.O=C1NC2CSCC2N1. The zero-order valence-electron chi connectivity index (χ0n) is 18.0. The summed E-state index contributed by atoms with van der Waals surface area (Å²) in [6, 6.07) is 0.815. The molecule has 0 saturated carbocycles. The topological polar surface area (TPSA) is 124 Å². The molecule has 2 heterocycles. The van der Waals surface area contributed by atoms with E-state index in [-0.39, 0.29) is 6.03 Å². The molecule has 5 N–H and O–H groups in total. The molecule has 0 aliphatic carbocycles. The Hall–Kier alpha value is -1.07. The number of nitrogens with one attached hydrogen (secondary N) is 3. The summed E-state index contributed by atoms with van der Waals surface area (Å²) >= 11 is 1.89. The van der Waals surface area contributed by atoms with Gasteiger partial charge in [-0.3, -0.25) is 4.79 Å². The minimum absolute atomic E-state index is 0.00491. The van der Waals surface area contributed by atoms with Crippen molar-refractivity contribution in [1.29, 1.82) is 0 Å². The van der Waals surface area contributed by atoms with E-state index in [0.717, 1.165) is 11.5 Å². The molecule has 2 aliphatic rings. The molecule has 2 unspecified atom stereocenters. The van der Waals surface area contributed by atoms with Crippen LogP contribution >= 0.6 is 11.8 Å². The van der Waals surface area contributed by atoms with Gasteiger partial charge < -0.3 is 35.9 Å². The van der Waals surface area contributed by atoms with Gasteiger partial charge in [-0.15, -0.1) is 0 Å². The summed E-state index contributed by atoms with van der Waals surface area (Å²) in [6.45, 7) is 8.73. The van der Waals surface area contributed by atoms with Crippen molar-refractivity contribution in [3.63, 3.8) is 0 Å². The molecule has 0 aromatic heterocycles. The number of fused-ring (bicyclic) bond motifs is 1. The second-order valence-corrected chi connectivity index (χ2v) is 7.49. The molecule has 0 bridgehead atoms. The van der Waals surface area contributed by atoms with E-state index in [1.807, 2.05) is 11.8 Å². The molecule has 0 aromatic carbocycles. The highest BCUT2D eigenvalue weighted by molar-refractivity contribution is 7.99. The number of nitrogens with two attached hydrogens (primary N) is 1. The smallest absolute Gasteiger partial charge is 0.315 e. The normalized spacial score (nSPS) is 19.1. The molecule has 2 fully saturated rings. The fourth-order valence-electron chi connectivity index (χ4n) is 2.39. The van der Waals surface area contributed by atoms with Gasteiger partial charge in [-0.1, -0.05) is 33.1 Å². The van der Waals surface area contributed by atoms with Crippen molar-refractivity contribution in [2.24, 2.45) is 5.73 Å². The molecule has 2 atom stereocenters. The third-order valence-electron chi connectivity index (χ3n) is 3.90. The Kier molecular flexibility index (Phi) is 20.8. The third kappa shape index (κ3) is 17.5. The number of rotatable bonds is 14. The van der Waals surface area contributed by atoms with Crippen LogP contribution in [0.3, 0.4) is 0 Å². The van der Waals surface area contributed by atoms with E-state index in [1.165, 1.54) is 19.3 Å². The van der Waals surface area contributed by atoms with Crippen LogP contribution in [-0.2, 0) is 19.0 Å². The Morgan fingerprint density at radius 3 is 1.97 bits per heavy atom. The highest BCUT2D eigenvalue weighted by atomic mass is 32.2. The van der Waals surface area contributed by atoms with Crippen molar-refractivity contribution in [3.8, 4) is 0 Å². The zero-order valence-corrected chi connectivity index (χ0v) is 18.8. The van der Waals surface area contributed by atoms with Gasteiger partial charge in [-0.25, -0.2) is 4.79 Å². The van der Waals surface area contributed by atoms with Crippen LogP contribution in [0, 0.1) is 0 Å². The monoisotopic (exact) mass is 436 g/mol. The molecule has 9 nitrogen and oxygen atoms in total. The molecule has 0 spiro atoms. The van der Waals surface area contributed by atoms with Gasteiger partial charge in [0.1, 0.15) is 0 Å². The van der Waals surface area contributed by atoms with E-state index >= 15 is 0 Å². The minimum atomic E-state index is 0.00491. The summed E-state index contributed by atoms with van der Waals surface area (Å²) in [4.78, 5) is 20.5. The number of carbonyl (C=O) groups is 2. The number of hydrogen-bond donors (Lipinski definition) is 4. The maximum atomic E-state index is 10.6. The minimum Gasteiger partial charge on any atom is -0.378 e. The first-order valence-electron chi connectivity index (χ1n) is 10.4. The lowest BCUT2D eigenvalue weighted by Crippen LogP contribution is -2.31. The highest BCUT2D eigenvalue weighted by Gasteiger charge is 2.35. The van der Waals surface area contributed by atoms with Crippen LogP contribution < -0.4 is 21.7 Å². The number of urea groups is 1. The van der Waals surface area contributed by atoms with Gasteiger partial charge in [0.15, 0.2) is 0 Å². The van der Waals surface area contributed by atoms with Crippen LogP contribution in [0.1, 0.15) is 33.1 Å². The van der Waals surface area contributed by atoms with Gasteiger partial charge in [-0.2, -0.15) is 11.8 Å². The molecule has 2 saturated heterocycles. The summed E-state index contributed by atoms with van der Waals surface area (Å²) in [5.41, 5.74) is 5.23. The number of ether oxygens (including phenoxy) is 3. The van der Waals surface area contributed by atoms with E-state index in [1.54, 1.807) is 0 Å². The number of hydrogen-bond acceptors (Lipinski definition) is 7. The molecule has 0 radical (unpaired) electrons. The quantitative estimate of drug-likeness (QED) is 0.180. The Morgan fingerprint density at radius 2 is 1.52 bits per heavy atom. The largest absolute Gasteiger partial charge is 0.378 e. The molecule has 0 aromatic rings. The van der Waals surface area contributed by atoms with Crippen LogP contribution in [0.5, 0.6) is 0 Å². The summed E-state index contributed by atoms with van der Waals surface area (Å²) in [7, 11) is 0. The number of carbonyl (C=O) groups excluding carboxylic acids is 2. The first kappa shape index (κ1) is 27.9. The lowest BCUT2D eigenvalue weighted by Gasteiger charge is -2.05. The van der Waals surface area contributed by atoms with Gasteiger partial charge >= 0.3 is 6.03 Å². The zero-order chi connectivity index (χ0) is 21.6. The average Bonchev–Trinajstić information content (AvgIpc) is 3.28. The molecule has 2 rings (SSSR count).